The van der Waals surface area contributed by atoms with Gasteiger partial charge in [-0.1, -0.05) is 103 Å². The fourth-order valence-electron chi connectivity index (χ4n) is 23.5. The summed E-state index contributed by atoms with van der Waals surface area (Å²) in [4.78, 5) is 0. The monoisotopic (exact) mass is 1230 g/mol. The van der Waals surface area contributed by atoms with Crippen molar-refractivity contribution < 1.29 is 39.0 Å². The van der Waals surface area contributed by atoms with Crippen LogP contribution in [0, 0.1) is 108 Å². The summed E-state index contributed by atoms with van der Waals surface area (Å²) in [6, 6.07) is 0. The van der Waals surface area contributed by atoms with Gasteiger partial charge in [0, 0.05) is 31.8 Å². The van der Waals surface area contributed by atoms with Gasteiger partial charge in [-0.3, -0.25) is 85.1 Å². The van der Waals surface area contributed by atoms with E-state index in [1.165, 1.54) is 193 Å². The second-order valence-corrected chi connectivity index (χ2v) is 30.8. The van der Waals surface area contributed by atoms with Crippen LogP contribution in [0.1, 0.15) is 193 Å². The summed E-state index contributed by atoms with van der Waals surface area (Å²) in [5.41, 5.74) is 0. The Morgan fingerprint density at radius 2 is 0.305 bits per heavy atom. The van der Waals surface area contributed by atoms with Crippen molar-refractivity contribution in [1.29, 1.82) is 0 Å². The van der Waals surface area contributed by atoms with E-state index in [-0.39, 0.29) is 39.0 Å². The van der Waals surface area contributed by atoms with Crippen LogP contribution in [0.2, 0.25) is 0 Å². The van der Waals surface area contributed by atoms with Gasteiger partial charge < -0.3 is 12.8 Å². The van der Waals surface area contributed by atoms with E-state index in [2.05, 4.69) is 97.9 Å². The maximum absolute atomic E-state index is 4.25. The van der Waals surface area contributed by atoms with Crippen LogP contribution in [-0.2, 0) is 39.0 Å². The third-order valence-electron chi connectivity index (χ3n) is 27.1. The molecular weight excluding hydrogens is 1120 g/mol. The third kappa shape index (κ3) is 10.9. The van der Waals surface area contributed by atoms with Crippen LogP contribution in [-0.4, -0.2) is 98.7 Å². The minimum absolute atomic E-state index is 0. The van der Waals surface area contributed by atoms with Gasteiger partial charge in [0.25, 0.3) is 0 Å². The molecule has 16 N–H and O–H groups in total. The second-order valence-electron chi connectivity index (χ2n) is 30.8. The number of rotatable bonds is 0. The molecule has 16 nitrogen and oxygen atoms in total. The molecule has 0 aromatic heterocycles. The average Bonchev–Trinajstić information content (AvgIpc) is 4.53. The van der Waals surface area contributed by atoms with Gasteiger partial charge in [-0.15, -0.1) is 11.8 Å². The Hall–Kier alpha value is 0.607. The first kappa shape index (κ1) is 58.9. The van der Waals surface area contributed by atoms with Crippen molar-refractivity contribution in [2.24, 2.45) is 94.7 Å². The molecule has 0 amide bonds. The van der Waals surface area contributed by atoms with Crippen LogP contribution in [0.25, 0.3) is 0 Å². The van der Waals surface area contributed by atoms with Crippen molar-refractivity contribution in [2.75, 3.05) is 0 Å². The molecule has 18 fully saturated rings. The largest absolute Gasteiger partial charge is 2.00 e. The van der Waals surface area contributed by atoms with E-state index in [0.29, 0.717) is 122 Å². The summed E-state index contributed by atoms with van der Waals surface area (Å²) in [5, 5.41) is 67.3. The Balaban J connectivity index is 0.000000137. The van der Waals surface area contributed by atoms with Crippen molar-refractivity contribution >= 4 is 0 Å². The van der Waals surface area contributed by atoms with Crippen molar-refractivity contribution in [3.8, 4) is 0 Å². The molecule has 10 saturated heterocycles. The first-order valence-corrected chi connectivity index (χ1v) is 35.4. The van der Waals surface area contributed by atoms with Crippen molar-refractivity contribution in [1.82, 2.24) is 85.1 Å². The van der Waals surface area contributed by atoms with Crippen LogP contribution in [0.4, 0.5) is 0 Å². The second kappa shape index (κ2) is 25.4. The number of hydrogen-bond donors (Lipinski definition) is 16. The van der Waals surface area contributed by atoms with Gasteiger partial charge in [-0.05, 0) is 160 Å². The Kier molecular flexibility index (Phi) is 18.2. The van der Waals surface area contributed by atoms with Crippen LogP contribution in [0.15, 0.2) is 0 Å². The van der Waals surface area contributed by atoms with Crippen LogP contribution in [0.3, 0.4) is 0 Å². The maximum atomic E-state index is 4.25. The van der Waals surface area contributed by atoms with E-state index >= 15 is 0 Å². The standard InChI is InChI=1S/2C32H55N8.2Zn/c2*1-2-10-18-17(9-1)25-33-26(18)38-28-21-13-5-6-14-22(21)30(35-28)40-32-24-16-8-7-15-23(24)31(36-32)39-29-20-12-4-3-11-19(20)27(34-29)37-25;;/h2*9,17-40H,1-8,10-16H2;;/q2*-1;;+2. The van der Waals surface area contributed by atoms with Crippen LogP contribution >= 0.6 is 0 Å². The summed E-state index contributed by atoms with van der Waals surface area (Å²) in [5.74, 6) is 11.5. The summed E-state index contributed by atoms with van der Waals surface area (Å²) < 4.78 is 0. The Morgan fingerprint density at radius 3 is 0.476 bits per heavy atom. The van der Waals surface area contributed by atoms with Crippen molar-refractivity contribution in [3.05, 3.63) is 12.8 Å². The number of hydrogen-bond acceptors (Lipinski definition) is 16. The van der Waals surface area contributed by atoms with Gasteiger partial charge in [0.2, 0.25) is 0 Å². The Bertz CT molecular complexity index is 1580. The van der Waals surface area contributed by atoms with Crippen molar-refractivity contribution in [3.63, 3.8) is 0 Å². The fourth-order valence-corrected chi connectivity index (χ4v) is 23.5. The fraction of sp³-hybridized carbons (Fsp3) is 0.969. The van der Waals surface area contributed by atoms with Crippen LogP contribution in [0.5, 0.6) is 0 Å². The summed E-state index contributed by atoms with van der Waals surface area (Å²) >= 11 is 0. The molecule has 32 atom stereocenters. The molecule has 0 aromatic rings. The third-order valence-corrected chi connectivity index (χ3v) is 27.1. The smallest absolute Gasteiger partial charge is 0.322 e. The molecule has 8 saturated carbocycles. The zero-order valence-electron chi connectivity index (χ0n) is 50.3. The van der Waals surface area contributed by atoms with E-state index in [4.69, 9.17) is 0 Å². The molecule has 8 aliphatic carbocycles. The van der Waals surface area contributed by atoms with Crippen molar-refractivity contribution in [2.45, 2.75) is 291 Å². The van der Waals surface area contributed by atoms with Gasteiger partial charge in [0.15, 0.2) is 0 Å². The maximum Gasteiger partial charge on any atom is 2.00 e. The van der Waals surface area contributed by atoms with E-state index in [0.717, 1.165) is 71.0 Å². The SMILES string of the molecule is [CH-]1CCCC2C3NC(NC4NC(NC5NC(NC6NC(N3)C3CCCCC63)C3CCCCC53)C3CCCCC43)C12.[CH-]1CCCC2C3NC(NC4NC(NC5NC(NC6NC(N3)C3CCCCC63)C3CCCCC53)C3CCCCC43)C12.[Zn+2].[Zn]. The summed E-state index contributed by atoms with van der Waals surface area (Å²) in [7, 11) is 0. The van der Waals surface area contributed by atoms with Gasteiger partial charge in [0.1, 0.15) is 0 Å². The predicted octanol–water partition coefficient (Wildman–Crippen LogP) is 4.83. The zero-order valence-corrected chi connectivity index (χ0v) is 56.2. The molecule has 0 radical (unpaired) electrons. The van der Waals surface area contributed by atoms with Gasteiger partial charge in [0.05, 0.1) is 86.3 Å². The van der Waals surface area contributed by atoms with E-state index < -0.39 is 0 Å². The number of nitrogens with one attached hydrogen (secondary N) is 16. The Labute approximate surface area is 519 Å². The number of fused-ring (bicyclic) bond motifs is 40. The van der Waals surface area contributed by atoms with Gasteiger partial charge in [-0.2, -0.15) is 12.8 Å². The minimum atomic E-state index is 0. The van der Waals surface area contributed by atoms with Gasteiger partial charge in [-0.25, -0.2) is 0 Å². The normalized spacial score (nSPS) is 56.2. The summed E-state index contributed by atoms with van der Waals surface area (Å²) in [6.07, 6.45) is 52.9. The molecule has 18 rings (SSSR count). The quantitative estimate of drug-likeness (QED) is 0.117. The molecule has 16 bridgehead atoms. The zero-order chi connectivity index (χ0) is 52.4. The molecule has 32 unspecified atom stereocenters. The predicted molar refractivity (Wildman–Crippen MR) is 314 cm³/mol. The molecule has 0 aromatic carbocycles. The van der Waals surface area contributed by atoms with Gasteiger partial charge >= 0.3 is 19.5 Å². The molecule has 450 valence electrons. The van der Waals surface area contributed by atoms with E-state index in [1.807, 2.05) is 0 Å². The molecule has 18 heteroatoms. The minimum Gasteiger partial charge on any atom is -0.322 e. The summed E-state index contributed by atoms with van der Waals surface area (Å²) in [6.45, 7) is 0. The Morgan fingerprint density at radius 1 is 0.171 bits per heavy atom. The first-order valence-electron chi connectivity index (χ1n) is 35.4. The molecule has 0 spiro atoms. The van der Waals surface area contributed by atoms with E-state index in [1.54, 1.807) is 0 Å². The average molecular weight is 1230 g/mol. The molecule has 10 heterocycles. The van der Waals surface area contributed by atoms with E-state index in [9.17, 15) is 0 Å². The molecule has 10 aliphatic heterocycles. The topological polar surface area (TPSA) is 192 Å². The first-order chi connectivity index (χ1) is 39.6. The van der Waals surface area contributed by atoms with Crippen LogP contribution < -0.4 is 85.1 Å². The molecule has 18 aliphatic rings. The molecular formula is C64H110N16Zn2. The molecule has 82 heavy (non-hydrogen) atoms.